The highest BCUT2D eigenvalue weighted by atomic mass is 35.5. The largest absolute Gasteiger partial charge is 0.346 e. The number of nitrogens with zero attached hydrogens (tertiary/aromatic N) is 3. The van der Waals surface area contributed by atoms with E-state index in [0.717, 1.165) is 27.7 Å². The number of aromatic amines is 1. The summed E-state index contributed by atoms with van der Waals surface area (Å²) >= 11 is 6.05. The van der Waals surface area contributed by atoms with Gasteiger partial charge >= 0.3 is 0 Å². The molecule has 0 saturated carbocycles. The highest BCUT2D eigenvalue weighted by Gasteiger charge is 2.11. The molecule has 7 heteroatoms. The Morgan fingerprint density at radius 2 is 1.93 bits per heavy atom. The monoisotopic (exact) mass is 401 g/mol. The zero-order chi connectivity index (χ0) is 20.2. The third-order valence-corrected chi connectivity index (χ3v) is 4.80. The van der Waals surface area contributed by atoms with E-state index in [1.807, 2.05) is 30.3 Å². The number of carbonyl (C=O) groups excluding carboxylic acids is 1. The molecular formula is C22H16ClN5O. The fourth-order valence-electron chi connectivity index (χ4n) is 3.08. The molecule has 1 amide bonds. The van der Waals surface area contributed by atoms with Crippen molar-refractivity contribution in [2.75, 3.05) is 0 Å². The summed E-state index contributed by atoms with van der Waals surface area (Å²) in [5.74, 6) is -0.225. The quantitative estimate of drug-likeness (QED) is 0.528. The number of rotatable bonds is 5. The minimum Gasteiger partial charge on any atom is -0.346 e. The van der Waals surface area contributed by atoms with E-state index in [4.69, 9.17) is 16.9 Å². The van der Waals surface area contributed by atoms with Crippen molar-refractivity contribution in [3.05, 3.63) is 93.9 Å². The molecule has 2 N–H and O–H groups in total. The Bertz CT molecular complexity index is 1220. The minimum absolute atomic E-state index is 0.225. The Labute approximate surface area is 172 Å². The number of fused-ring (bicyclic) bond motifs is 1. The molecule has 2 heterocycles. The van der Waals surface area contributed by atoms with Gasteiger partial charge in [-0.1, -0.05) is 23.7 Å². The summed E-state index contributed by atoms with van der Waals surface area (Å²) in [6, 6.07) is 16.7. The normalized spacial score (nSPS) is 10.6. The lowest BCUT2D eigenvalue weighted by molar-refractivity contribution is 0.0950. The maximum Gasteiger partial charge on any atom is 0.253 e. The van der Waals surface area contributed by atoms with Gasteiger partial charge in [0.1, 0.15) is 0 Å². The van der Waals surface area contributed by atoms with Gasteiger partial charge in [-0.2, -0.15) is 10.4 Å². The van der Waals surface area contributed by atoms with Gasteiger partial charge in [0, 0.05) is 22.8 Å². The number of halogens is 1. The van der Waals surface area contributed by atoms with Crippen LogP contribution in [0.15, 0.2) is 60.9 Å². The molecule has 4 rings (SSSR count). The molecule has 0 aliphatic carbocycles. The average Bonchev–Trinajstić information content (AvgIpc) is 3.15. The predicted octanol–water partition coefficient (Wildman–Crippen LogP) is 4.00. The number of aromatic nitrogens is 3. The maximum atomic E-state index is 12.6. The van der Waals surface area contributed by atoms with Crippen molar-refractivity contribution in [1.82, 2.24) is 20.5 Å². The fraction of sp³-hybridized carbons (Fsp3) is 0.0909. The van der Waals surface area contributed by atoms with Gasteiger partial charge in [-0.15, -0.1) is 0 Å². The van der Waals surface area contributed by atoms with Gasteiger partial charge in [-0.25, -0.2) is 0 Å². The first kappa shape index (κ1) is 18.7. The van der Waals surface area contributed by atoms with Crippen LogP contribution in [-0.2, 0) is 13.0 Å². The third-order valence-electron chi connectivity index (χ3n) is 4.57. The number of benzene rings is 2. The van der Waals surface area contributed by atoms with E-state index >= 15 is 0 Å². The maximum absolute atomic E-state index is 12.6. The Hall–Kier alpha value is -3.69. The predicted molar refractivity (Wildman–Crippen MR) is 110 cm³/mol. The summed E-state index contributed by atoms with van der Waals surface area (Å²) in [4.78, 5) is 16.8. The molecule has 0 unspecified atom stereocenters. The Kier molecular flexibility index (Phi) is 5.23. The van der Waals surface area contributed by atoms with Gasteiger partial charge in [0.2, 0.25) is 0 Å². The molecule has 0 aliphatic rings. The summed E-state index contributed by atoms with van der Waals surface area (Å²) < 4.78 is 0. The van der Waals surface area contributed by atoms with Crippen molar-refractivity contribution in [3.63, 3.8) is 0 Å². The van der Waals surface area contributed by atoms with Gasteiger partial charge in [-0.05, 0) is 53.9 Å². The zero-order valence-electron chi connectivity index (χ0n) is 15.3. The Morgan fingerprint density at radius 1 is 1.10 bits per heavy atom. The molecule has 0 aliphatic heterocycles. The molecule has 0 spiro atoms. The molecule has 6 nitrogen and oxygen atoms in total. The first-order valence-electron chi connectivity index (χ1n) is 8.96. The number of nitriles is 1. The van der Waals surface area contributed by atoms with E-state index < -0.39 is 0 Å². The van der Waals surface area contributed by atoms with Gasteiger partial charge < -0.3 is 5.32 Å². The van der Waals surface area contributed by atoms with Crippen molar-refractivity contribution in [3.8, 4) is 6.07 Å². The van der Waals surface area contributed by atoms with E-state index in [1.54, 1.807) is 24.4 Å². The number of pyridine rings is 1. The molecule has 0 saturated heterocycles. The average molecular weight is 402 g/mol. The highest BCUT2D eigenvalue weighted by molar-refractivity contribution is 6.31. The molecule has 29 heavy (non-hydrogen) atoms. The van der Waals surface area contributed by atoms with Gasteiger partial charge in [0.25, 0.3) is 5.91 Å². The van der Waals surface area contributed by atoms with Crippen LogP contribution in [-0.4, -0.2) is 21.1 Å². The van der Waals surface area contributed by atoms with Gasteiger partial charge in [-0.3, -0.25) is 14.9 Å². The number of carbonyl (C=O) groups is 1. The van der Waals surface area contributed by atoms with Gasteiger partial charge in [0.15, 0.2) is 0 Å². The lowest BCUT2D eigenvalue weighted by Gasteiger charge is -2.06. The van der Waals surface area contributed by atoms with Crippen LogP contribution in [0, 0.1) is 11.3 Å². The smallest absolute Gasteiger partial charge is 0.253 e. The summed E-state index contributed by atoms with van der Waals surface area (Å²) in [5, 5.41) is 20.4. The highest BCUT2D eigenvalue weighted by Crippen LogP contribution is 2.20. The second kappa shape index (κ2) is 8.13. The molecule has 4 aromatic rings. The van der Waals surface area contributed by atoms with E-state index in [-0.39, 0.29) is 12.5 Å². The third kappa shape index (κ3) is 4.26. The Morgan fingerprint density at radius 3 is 2.72 bits per heavy atom. The first-order chi connectivity index (χ1) is 14.1. The molecule has 0 bridgehead atoms. The summed E-state index contributed by atoms with van der Waals surface area (Å²) in [7, 11) is 0. The number of amides is 1. The lowest BCUT2D eigenvalue weighted by atomic mass is 10.0. The number of H-pyrrole nitrogens is 1. The number of hydrogen-bond donors (Lipinski definition) is 2. The number of hydrogen-bond acceptors (Lipinski definition) is 4. The molecule has 0 atom stereocenters. The lowest BCUT2D eigenvalue weighted by Crippen LogP contribution is -2.23. The van der Waals surface area contributed by atoms with Crippen molar-refractivity contribution in [2.24, 2.45) is 0 Å². The topological polar surface area (TPSA) is 94.5 Å². The van der Waals surface area contributed by atoms with Crippen LogP contribution in [0.4, 0.5) is 0 Å². The fourth-order valence-corrected chi connectivity index (χ4v) is 3.25. The van der Waals surface area contributed by atoms with E-state index in [0.29, 0.717) is 22.6 Å². The first-order valence-corrected chi connectivity index (χ1v) is 9.34. The van der Waals surface area contributed by atoms with Gasteiger partial charge in [0.05, 0.1) is 35.0 Å². The van der Waals surface area contributed by atoms with Crippen LogP contribution in [0.5, 0.6) is 0 Å². The molecule has 0 fully saturated rings. The van der Waals surface area contributed by atoms with Crippen molar-refractivity contribution >= 4 is 28.4 Å². The van der Waals surface area contributed by atoms with Crippen LogP contribution in [0.2, 0.25) is 5.02 Å². The minimum atomic E-state index is -0.225. The number of nitrogens with one attached hydrogen (secondary N) is 2. The standard InChI is InChI=1S/C22H16ClN5O/c23-18-5-6-20-19(9-18)21(28-27-20)13-26-22(29)17-8-16(11-25-12-17)7-14-1-3-15(10-24)4-2-14/h1-6,8-9,11-12H,7,13H2,(H,26,29)(H,27,28). The summed E-state index contributed by atoms with van der Waals surface area (Å²) in [6.07, 6.45) is 3.90. The zero-order valence-corrected chi connectivity index (χ0v) is 16.1. The molecule has 2 aromatic carbocycles. The van der Waals surface area contributed by atoms with Crippen LogP contribution in [0.25, 0.3) is 10.9 Å². The Balaban J connectivity index is 1.45. The molecule has 0 radical (unpaired) electrons. The van der Waals surface area contributed by atoms with Crippen molar-refractivity contribution in [1.29, 1.82) is 5.26 Å². The van der Waals surface area contributed by atoms with Crippen molar-refractivity contribution < 1.29 is 4.79 Å². The molecule has 142 valence electrons. The summed E-state index contributed by atoms with van der Waals surface area (Å²) in [5.41, 5.74) is 4.64. The van der Waals surface area contributed by atoms with E-state index in [1.165, 1.54) is 6.20 Å². The van der Waals surface area contributed by atoms with Crippen LogP contribution in [0.1, 0.15) is 32.7 Å². The molecule has 2 aromatic heterocycles. The molecular weight excluding hydrogens is 386 g/mol. The van der Waals surface area contributed by atoms with Crippen LogP contribution >= 0.6 is 11.6 Å². The SMILES string of the molecule is N#Cc1ccc(Cc2cncc(C(=O)NCc3n[nH]c4ccc(Cl)cc34)c2)cc1. The summed E-state index contributed by atoms with van der Waals surface area (Å²) in [6.45, 7) is 0.277. The van der Waals surface area contributed by atoms with Crippen LogP contribution in [0.3, 0.4) is 0 Å². The van der Waals surface area contributed by atoms with E-state index in [9.17, 15) is 4.79 Å². The second-order valence-corrected chi connectivity index (χ2v) is 7.05. The van der Waals surface area contributed by atoms with E-state index in [2.05, 4.69) is 26.6 Å². The second-order valence-electron chi connectivity index (χ2n) is 6.61. The van der Waals surface area contributed by atoms with Crippen molar-refractivity contribution in [2.45, 2.75) is 13.0 Å². The van der Waals surface area contributed by atoms with Crippen LogP contribution < -0.4 is 5.32 Å².